The molecule has 0 aliphatic rings. The van der Waals surface area contributed by atoms with E-state index in [0.29, 0.717) is 16.4 Å². The second-order valence-electron chi connectivity index (χ2n) is 6.62. The van der Waals surface area contributed by atoms with Crippen LogP contribution in [0.4, 0.5) is 0 Å². The van der Waals surface area contributed by atoms with Crippen LogP contribution in [0.3, 0.4) is 0 Å². The Bertz CT molecular complexity index is 926. The largest absolute Gasteiger partial charge is 0.337 e. The first-order valence-electron chi connectivity index (χ1n) is 9.21. The van der Waals surface area contributed by atoms with Crippen molar-refractivity contribution in [3.63, 3.8) is 0 Å². The van der Waals surface area contributed by atoms with E-state index in [2.05, 4.69) is 27.1 Å². The van der Waals surface area contributed by atoms with Crippen molar-refractivity contribution in [1.29, 1.82) is 0 Å². The van der Waals surface area contributed by atoms with Crippen molar-refractivity contribution < 1.29 is 4.79 Å². The molecule has 0 bridgehead atoms. The Morgan fingerprint density at radius 1 is 1.21 bits per heavy atom. The number of halogens is 1. The van der Waals surface area contributed by atoms with Crippen molar-refractivity contribution in [3.8, 4) is 5.69 Å². The minimum absolute atomic E-state index is 0.0609. The van der Waals surface area contributed by atoms with Gasteiger partial charge in [-0.25, -0.2) is 4.98 Å². The van der Waals surface area contributed by atoms with Crippen LogP contribution < -0.4 is 0 Å². The predicted octanol–water partition coefficient (Wildman–Crippen LogP) is 3.50. The molecule has 146 valence electrons. The van der Waals surface area contributed by atoms with Gasteiger partial charge < -0.3 is 4.90 Å². The highest BCUT2D eigenvalue weighted by Crippen LogP contribution is 2.18. The summed E-state index contributed by atoms with van der Waals surface area (Å²) >= 11 is 5.90. The van der Waals surface area contributed by atoms with E-state index < -0.39 is 0 Å². The SMILES string of the molecule is CC[C@@H](CCc1ccc(Cl)cn1)N(C)C(=O)c1nc(C)ccc1-n1nccn1. The van der Waals surface area contributed by atoms with Crippen molar-refractivity contribution >= 4 is 17.5 Å². The fourth-order valence-electron chi connectivity index (χ4n) is 3.08. The predicted molar refractivity (Wildman–Crippen MR) is 108 cm³/mol. The van der Waals surface area contributed by atoms with Crippen LogP contribution in [0.5, 0.6) is 0 Å². The number of carbonyl (C=O) groups is 1. The maximum atomic E-state index is 13.2. The van der Waals surface area contributed by atoms with E-state index in [1.54, 1.807) is 23.5 Å². The van der Waals surface area contributed by atoms with Crippen LogP contribution in [0, 0.1) is 6.92 Å². The van der Waals surface area contributed by atoms with Gasteiger partial charge in [-0.3, -0.25) is 9.78 Å². The molecule has 7 nitrogen and oxygen atoms in total. The third-order valence-corrected chi connectivity index (χ3v) is 4.94. The molecular formula is C20H23ClN6O. The number of aryl methyl sites for hydroxylation is 2. The molecule has 0 spiro atoms. The smallest absolute Gasteiger partial charge is 0.274 e. The molecule has 0 radical (unpaired) electrons. The van der Waals surface area contributed by atoms with E-state index in [9.17, 15) is 4.79 Å². The third kappa shape index (κ3) is 4.54. The summed E-state index contributed by atoms with van der Waals surface area (Å²) in [5.41, 5.74) is 2.65. The van der Waals surface area contributed by atoms with E-state index in [1.165, 1.54) is 4.80 Å². The number of hydrogen-bond donors (Lipinski definition) is 0. The maximum absolute atomic E-state index is 13.2. The number of carbonyl (C=O) groups excluding carboxylic acids is 1. The van der Waals surface area contributed by atoms with E-state index in [-0.39, 0.29) is 11.9 Å². The Morgan fingerprint density at radius 2 is 1.96 bits per heavy atom. The van der Waals surface area contributed by atoms with Gasteiger partial charge in [0.25, 0.3) is 5.91 Å². The monoisotopic (exact) mass is 398 g/mol. The van der Waals surface area contributed by atoms with Gasteiger partial charge in [-0.15, -0.1) is 4.80 Å². The van der Waals surface area contributed by atoms with Crippen LogP contribution in [0.15, 0.2) is 42.9 Å². The van der Waals surface area contributed by atoms with Crippen molar-refractivity contribution in [3.05, 3.63) is 65.0 Å². The van der Waals surface area contributed by atoms with Crippen LogP contribution >= 0.6 is 11.6 Å². The first-order valence-corrected chi connectivity index (χ1v) is 9.59. The molecule has 1 amide bonds. The molecule has 0 saturated carbocycles. The summed E-state index contributed by atoms with van der Waals surface area (Å²) < 4.78 is 0. The van der Waals surface area contributed by atoms with Gasteiger partial charge in [-0.2, -0.15) is 10.2 Å². The molecule has 0 aliphatic carbocycles. The number of rotatable bonds is 7. The van der Waals surface area contributed by atoms with Gasteiger partial charge in [-0.05, 0) is 50.5 Å². The maximum Gasteiger partial charge on any atom is 0.274 e. The molecule has 0 saturated heterocycles. The van der Waals surface area contributed by atoms with Gasteiger partial charge in [0.05, 0.1) is 17.4 Å². The van der Waals surface area contributed by atoms with Crippen molar-refractivity contribution in [2.45, 2.75) is 39.2 Å². The van der Waals surface area contributed by atoms with Gasteiger partial charge in [-0.1, -0.05) is 18.5 Å². The zero-order valence-electron chi connectivity index (χ0n) is 16.2. The van der Waals surface area contributed by atoms with E-state index in [4.69, 9.17) is 11.6 Å². The first kappa shape index (κ1) is 19.9. The zero-order valence-corrected chi connectivity index (χ0v) is 17.0. The molecule has 3 heterocycles. The third-order valence-electron chi connectivity index (χ3n) is 4.71. The minimum atomic E-state index is -0.146. The molecule has 0 aromatic carbocycles. The summed E-state index contributed by atoms with van der Waals surface area (Å²) in [6, 6.07) is 7.48. The topological polar surface area (TPSA) is 76.8 Å². The average molecular weight is 399 g/mol. The molecule has 0 aliphatic heterocycles. The minimum Gasteiger partial charge on any atom is -0.337 e. The Labute approximate surface area is 169 Å². The molecule has 1 atom stereocenters. The zero-order chi connectivity index (χ0) is 20.1. The number of aromatic nitrogens is 5. The normalized spacial score (nSPS) is 12.0. The first-order chi connectivity index (χ1) is 13.5. The summed E-state index contributed by atoms with van der Waals surface area (Å²) in [6.45, 7) is 3.93. The van der Waals surface area contributed by atoms with Crippen LogP contribution in [-0.4, -0.2) is 48.9 Å². The lowest BCUT2D eigenvalue weighted by Crippen LogP contribution is -2.38. The summed E-state index contributed by atoms with van der Waals surface area (Å²) in [6.07, 6.45) is 7.19. The quantitative estimate of drug-likeness (QED) is 0.608. The van der Waals surface area contributed by atoms with Gasteiger partial charge in [0, 0.05) is 30.7 Å². The fourth-order valence-corrected chi connectivity index (χ4v) is 3.19. The highest BCUT2D eigenvalue weighted by atomic mass is 35.5. The lowest BCUT2D eigenvalue weighted by Gasteiger charge is -2.27. The molecule has 8 heteroatoms. The van der Waals surface area contributed by atoms with E-state index in [0.717, 1.165) is 30.7 Å². The van der Waals surface area contributed by atoms with Crippen molar-refractivity contribution in [2.24, 2.45) is 0 Å². The molecule has 0 unspecified atom stereocenters. The van der Waals surface area contributed by atoms with E-state index >= 15 is 0 Å². The molecule has 28 heavy (non-hydrogen) atoms. The molecule has 3 rings (SSSR count). The van der Waals surface area contributed by atoms with Gasteiger partial charge >= 0.3 is 0 Å². The Morgan fingerprint density at radius 3 is 2.61 bits per heavy atom. The summed E-state index contributed by atoms with van der Waals surface area (Å²) in [7, 11) is 1.82. The van der Waals surface area contributed by atoms with Gasteiger partial charge in [0.2, 0.25) is 0 Å². The number of amides is 1. The number of hydrogen-bond acceptors (Lipinski definition) is 5. The van der Waals surface area contributed by atoms with Gasteiger partial charge in [0.15, 0.2) is 5.69 Å². The summed E-state index contributed by atoms with van der Waals surface area (Å²) in [5.74, 6) is -0.146. The van der Waals surface area contributed by atoms with Crippen LogP contribution in [0.25, 0.3) is 5.69 Å². The molecule has 0 fully saturated rings. The van der Waals surface area contributed by atoms with Crippen molar-refractivity contribution in [1.82, 2.24) is 29.9 Å². The molecule has 3 aromatic rings. The lowest BCUT2D eigenvalue weighted by molar-refractivity contribution is 0.0713. The Hall–Kier alpha value is -2.80. The highest BCUT2D eigenvalue weighted by Gasteiger charge is 2.24. The van der Waals surface area contributed by atoms with Crippen molar-refractivity contribution in [2.75, 3.05) is 7.05 Å². The Balaban J connectivity index is 1.78. The number of nitrogens with zero attached hydrogens (tertiary/aromatic N) is 6. The van der Waals surface area contributed by atoms with Gasteiger partial charge in [0.1, 0.15) is 5.69 Å². The second kappa shape index (κ2) is 8.93. The lowest BCUT2D eigenvalue weighted by atomic mass is 10.0. The Kier molecular flexibility index (Phi) is 6.36. The molecule has 3 aromatic heterocycles. The standard InChI is InChI=1S/C20H23ClN6O/c1-4-17(9-8-16-7-6-15(21)13-22-16)26(3)20(28)19-18(10-5-14(2)25-19)27-23-11-12-24-27/h5-7,10-13,17H,4,8-9H2,1-3H3/t17-/m0/s1. The van der Waals surface area contributed by atoms with Crippen LogP contribution in [-0.2, 0) is 6.42 Å². The molecule has 0 N–H and O–H groups in total. The number of pyridine rings is 2. The second-order valence-corrected chi connectivity index (χ2v) is 7.06. The summed E-state index contributed by atoms with van der Waals surface area (Å²) in [5, 5.41) is 8.90. The van der Waals surface area contributed by atoms with E-state index in [1.807, 2.05) is 38.2 Å². The average Bonchev–Trinajstić information content (AvgIpc) is 3.23. The summed E-state index contributed by atoms with van der Waals surface area (Å²) in [4.78, 5) is 25.2. The van der Waals surface area contributed by atoms with Crippen LogP contribution in [0.2, 0.25) is 5.02 Å². The molecular weight excluding hydrogens is 376 g/mol. The fraction of sp³-hybridized carbons (Fsp3) is 0.350. The van der Waals surface area contributed by atoms with Crippen LogP contribution in [0.1, 0.15) is 41.6 Å². The highest BCUT2D eigenvalue weighted by molar-refractivity contribution is 6.30.